The van der Waals surface area contributed by atoms with Crippen molar-refractivity contribution in [2.75, 3.05) is 0 Å². The second-order valence-corrected chi connectivity index (χ2v) is 3.95. The van der Waals surface area contributed by atoms with E-state index in [4.69, 9.17) is 5.21 Å². The van der Waals surface area contributed by atoms with Crippen LogP contribution in [-0.2, 0) is 0 Å². The average Bonchev–Trinajstić information content (AvgIpc) is 2.05. The second kappa shape index (κ2) is 2.21. The zero-order valence-electron chi connectivity index (χ0n) is 7.26. The molecule has 11 heavy (non-hydrogen) atoms. The summed E-state index contributed by atoms with van der Waals surface area (Å²) >= 11 is 0. The van der Waals surface area contributed by atoms with Crippen molar-refractivity contribution >= 4 is 5.71 Å². The molecule has 0 spiro atoms. The van der Waals surface area contributed by atoms with Gasteiger partial charge in [-0.25, -0.2) is 0 Å². The zero-order chi connectivity index (χ0) is 8.70. The summed E-state index contributed by atoms with van der Waals surface area (Å²) in [6.45, 7) is 5.58. The molecule has 0 amide bonds. The van der Waals surface area contributed by atoms with Gasteiger partial charge in [-0.15, -0.1) is 0 Å². The lowest BCUT2D eigenvalue weighted by Crippen LogP contribution is -2.40. The third kappa shape index (κ3) is 1.03. The zero-order valence-corrected chi connectivity index (χ0v) is 7.26. The molecule has 0 saturated heterocycles. The molecule has 3 nitrogen and oxygen atoms in total. The summed E-state index contributed by atoms with van der Waals surface area (Å²) in [5.74, 6) is 0. The van der Waals surface area contributed by atoms with E-state index in [9.17, 15) is 5.11 Å². The minimum Gasteiger partial charge on any atom is -0.411 e. The number of aliphatic hydroxyl groups is 1. The van der Waals surface area contributed by atoms with Gasteiger partial charge in [-0.05, 0) is 19.8 Å². The van der Waals surface area contributed by atoms with Crippen molar-refractivity contribution < 1.29 is 10.3 Å². The maximum atomic E-state index is 9.83. The minimum absolute atomic E-state index is 0.387. The van der Waals surface area contributed by atoms with Crippen molar-refractivity contribution in [3.05, 3.63) is 0 Å². The first kappa shape index (κ1) is 8.53. The Morgan fingerprint density at radius 3 is 2.09 bits per heavy atom. The van der Waals surface area contributed by atoms with Gasteiger partial charge in [-0.3, -0.25) is 0 Å². The average molecular weight is 157 g/mol. The highest BCUT2D eigenvalue weighted by molar-refractivity contribution is 5.92. The summed E-state index contributed by atoms with van der Waals surface area (Å²) < 4.78 is 0. The first-order valence-electron chi connectivity index (χ1n) is 3.85. The molecule has 0 radical (unpaired) electrons. The molecule has 1 fully saturated rings. The molecule has 1 atom stereocenters. The maximum absolute atomic E-state index is 9.83. The number of rotatable bonds is 0. The molecule has 0 bridgehead atoms. The van der Waals surface area contributed by atoms with Crippen molar-refractivity contribution in [1.29, 1.82) is 0 Å². The Balaban J connectivity index is 2.99. The number of nitrogens with zero attached hydrogens (tertiary/aromatic N) is 1. The van der Waals surface area contributed by atoms with Gasteiger partial charge in [-0.2, -0.15) is 0 Å². The lowest BCUT2D eigenvalue weighted by atomic mass is 9.78. The predicted molar refractivity (Wildman–Crippen MR) is 42.9 cm³/mol. The summed E-state index contributed by atoms with van der Waals surface area (Å²) in [5.41, 5.74) is -0.418. The Morgan fingerprint density at radius 2 is 1.91 bits per heavy atom. The van der Waals surface area contributed by atoms with Crippen molar-refractivity contribution in [1.82, 2.24) is 0 Å². The van der Waals surface area contributed by atoms with Crippen LogP contribution < -0.4 is 0 Å². The van der Waals surface area contributed by atoms with Crippen molar-refractivity contribution in [3.8, 4) is 0 Å². The van der Waals surface area contributed by atoms with E-state index >= 15 is 0 Å². The molecule has 3 heteroatoms. The summed E-state index contributed by atoms with van der Waals surface area (Å²) in [6, 6.07) is 0. The Labute approximate surface area is 66.7 Å². The molecule has 0 aromatic heterocycles. The third-order valence-corrected chi connectivity index (χ3v) is 3.04. The number of oxime groups is 1. The minimum atomic E-state index is -0.728. The van der Waals surface area contributed by atoms with Gasteiger partial charge >= 0.3 is 0 Å². The van der Waals surface area contributed by atoms with Gasteiger partial charge in [0.2, 0.25) is 0 Å². The fraction of sp³-hybridized carbons (Fsp3) is 0.875. The molecule has 1 saturated carbocycles. The molecule has 1 aliphatic rings. The van der Waals surface area contributed by atoms with Gasteiger partial charge < -0.3 is 10.3 Å². The quantitative estimate of drug-likeness (QED) is 0.412. The molecule has 1 rings (SSSR count). The maximum Gasteiger partial charge on any atom is 0.0727 e. The van der Waals surface area contributed by atoms with Crippen LogP contribution >= 0.6 is 0 Å². The third-order valence-electron chi connectivity index (χ3n) is 3.04. The smallest absolute Gasteiger partial charge is 0.0727 e. The highest BCUT2D eigenvalue weighted by atomic mass is 16.4. The van der Waals surface area contributed by atoms with Crippen LogP contribution in [0.15, 0.2) is 5.16 Å². The number of hydrogen-bond donors (Lipinski definition) is 2. The monoisotopic (exact) mass is 157 g/mol. The Kier molecular flexibility index (Phi) is 1.71. The fourth-order valence-electron chi connectivity index (χ4n) is 1.47. The lowest BCUT2D eigenvalue weighted by molar-refractivity contribution is -0.00479. The molecule has 0 heterocycles. The van der Waals surface area contributed by atoms with Crippen LogP contribution in [0.5, 0.6) is 0 Å². The highest BCUT2D eigenvalue weighted by Crippen LogP contribution is 2.43. The standard InChI is InChI=1S/C8H15NO2/c1-7(2)6(9-11)4-5-8(7,3)10/h10-11H,4-5H2,1-3H3/b9-6+. The van der Waals surface area contributed by atoms with Crippen LogP contribution in [0.3, 0.4) is 0 Å². The van der Waals surface area contributed by atoms with E-state index in [1.165, 1.54) is 0 Å². The molecule has 2 N–H and O–H groups in total. The largest absolute Gasteiger partial charge is 0.411 e. The van der Waals surface area contributed by atoms with Crippen LogP contribution in [0, 0.1) is 5.41 Å². The first-order chi connectivity index (χ1) is 4.92. The van der Waals surface area contributed by atoms with Gasteiger partial charge in [0.05, 0.1) is 11.3 Å². The Morgan fingerprint density at radius 1 is 1.36 bits per heavy atom. The van der Waals surface area contributed by atoms with E-state index in [1.807, 2.05) is 13.8 Å². The second-order valence-electron chi connectivity index (χ2n) is 3.95. The van der Waals surface area contributed by atoms with Crippen LogP contribution in [0.1, 0.15) is 33.6 Å². The molecule has 0 aromatic carbocycles. The molecule has 0 aliphatic heterocycles. The Bertz CT molecular complexity index is 194. The molecular formula is C8H15NO2. The van der Waals surface area contributed by atoms with Crippen LogP contribution in [-0.4, -0.2) is 21.6 Å². The van der Waals surface area contributed by atoms with Crippen molar-refractivity contribution in [2.45, 2.75) is 39.2 Å². The topological polar surface area (TPSA) is 52.8 Å². The van der Waals surface area contributed by atoms with E-state index < -0.39 is 5.60 Å². The molecule has 1 aliphatic carbocycles. The van der Waals surface area contributed by atoms with Crippen molar-refractivity contribution in [3.63, 3.8) is 0 Å². The van der Waals surface area contributed by atoms with Crippen LogP contribution in [0.2, 0.25) is 0 Å². The van der Waals surface area contributed by atoms with E-state index in [0.29, 0.717) is 18.6 Å². The van der Waals surface area contributed by atoms with E-state index in [-0.39, 0.29) is 5.41 Å². The van der Waals surface area contributed by atoms with E-state index in [1.54, 1.807) is 6.92 Å². The number of hydrogen-bond acceptors (Lipinski definition) is 3. The van der Waals surface area contributed by atoms with Crippen LogP contribution in [0.25, 0.3) is 0 Å². The van der Waals surface area contributed by atoms with Crippen molar-refractivity contribution in [2.24, 2.45) is 10.6 Å². The lowest BCUT2D eigenvalue weighted by Gasteiger charge is -2.32. The Hall–Kier alpha value is -0.570. The van der Waals surface area contributed by atoms with E-state index in [0.717, 1.165) is 0 Å². The molecule has 64 valence electrons. The predicted octanol–water partition coefficient (Wildman–Crippen LogP) is 1.39. The molecule has 1 unspecified atom stereocenters. The first-order valence-corrected chi connectivity index (χ1v) is 3.85. The summed E-state index contributed by atoms with van der Waals surface area (Å²) in [7, 11) is 0. The summed E-state index contributed by atoms with van der Waals surface area (Å²) in [5, 5.41) is 21.6. The SMILES string of the molecule is CC1(O)CC/C(=N\O)C1(C)C. The van der Waals surface area contributed by atoms with Gasteiger partial charge in [0.25, 0.3) is 0 Å². The molecular weight excluding hydrogens is 142 g/mol. The fourth-order valence-corrected chi connectivity index (χ4v) is 1.47. The van der Waals surface area contributed by atoms with Gasteiger partial charge in [-0.1, -0.05) is 19.0 Å². The normalized spacial score (nSPS) is 39.8. The summed E-state index contributed by atoms with van der Waals surface area (Å²) in [6.07, 6.45) is 1.37. The van der Waals surface area contributed by atoms with Gasteiger partial charge in [0, 0.05) is 5.41 Å². The van der Waals surface area contributed by atoms with Crippen LogP contribution in [0.4, 0.5) is 0 Å². The highest BCUT2D eigenvalue weighted by Gasteiger charge is 2.48. The molecule has 0 aromatic rings. The summed E-state index contributed by atoms with van der Waals surface area (Å²) in [4.78, 5) is 0. The van der Waals surface area contributed by atoms with Gasteiger partial charge in [0.1, 0.15) is 0 Å². The van der Waals surface area contributed by atoms with E-state index in [2.05, 4.69) is 5.16 Å². The van der Waals surface area contributed by atoms with Gasteiger partial charge in [0.15, 0.2) is 0 Å².